The molecule has 0 aliphatic carbocycles. The second-order valence-corrected chi connectivity index (χ2v) is 4.22. The van der Waals surface area contributed by atoms with Crippen molar-refractivity contribution in [1.82, 2.24) is 0 Å². The Hall–Kier alpha value is -2.04. The molecule has 0 heterocycles. The van der Waals surface area contributed by atoms with Crippen molar-refractivity contribution < 1.29 is 14.3 Å². The first-order valence-electron chi connectivity index (χ1n) is 5.77. The molecular formula is C13H18N2O3. The summed E-state index contributed by atoms with van der Waals surface area (Å²) in [7, 11) is 0. The summed E-state index contributed by atoms with van der Waals surface area (Å²) >= 11 is 0. The molecule has 18 heavy (non-hydrogen) atoms. The fraction of sp³-hybridized carbons (Fsp3) is 0.385. The maximum atomic E-state index is 12.2. The van der Waals surface area contributed by atoms with Gasteiger partial charge in [-0.2, -0.15) is 0 Å². The van der Waals surface area contributed by atoms with Crippen LogP contribution in [0.15, 0.2) is 30.3 Å². The van der Waals surface area contributed by atoms with E-state index >= 15 is 0 Å². The van der Waals surface area contributed by atoms with Crippen molar-refractivity contribution in [3.8, 4) is 0 Å². The van der Waals surface area contributed by atoms with Crippen LogP contribution in [0, 0.1) is 0 Å². The molecule has 0 aromatic heterocycles. The van der Waals surface area contributed by atoms with Gasteiger partial charge in [-0.25, -0.2) is 4.79 Å². The molecule has 5 nitrogen and oxygen atoms in total. The minimum Gasteiger partial charge on any atom is -0.437 e. The third-order valence-electron chi connectivity index (χ3n) is 2.43. The normalized spacial score (nSPS) is 12.0. The molecule has 98 valence electrons. The van der Waals surface area contributed by atoms with E-state index in [0.717, 1.165) is 5.69 Å². The number of rotatable bonds is 4. The van der Waals surface area contributed by atoms with Crippen molar-refractivity contribution in [2.75, 3.05) is 4.90 Å². The van der Waals surface area contributed by atoms with Crippen LogP contribution in [-0.4, -0.2) is 24.1 Å². The lowest BCUT2D eigenvalue weighted by Gasteiger charge is -2.29. The van der Waals surface area contributed by atoms with Crippen molar-refractivity contribution in [2.45, 2.75) is 32.9 Å². The van der Waals surface area contributed by atoms with E-state index in [0.29, 0.717) is 0 Å². The molecule has 0 bridgehead atoms. The van der Waals surface area contributed by atoms with Crippen molar-refractivity contribution in [1.29, 1.82) is 0 Å². The number of nitrogens with zero attached hydrogens (tertiary/aromatic N) is 1. The number of ether oxygens (including phenoxy) is 1. The Kier molecular flexibility index (Phi) is 4.71. The minimum absolute atomic E-state index is 0.0428. The van der Waals surface area contributed by atoms with Gasteiger partial charge in [0, 0.05) is 11.7 Å². The first-order valence-corrected chi connectivity index (χ1v) is 5.77. The number of carbonyl (C=O) groups excluding carboxylic acids is 2. The topological polar surface area (TPSA) is 72.6 Å². The Morgan fingerprint density at radius 1 is 1.17 bits per heavy atom. The predicted molar refractivity (Wildman–Crippen MR) is 69.2 cm³/mol. The van der Waals surface area contributed by atoms with E-state index in [2.05, 4.69) is 0 Å². The molecule has 0 fully saturated rings. The highest BCUT2D eigenvalue weighted by molar-refractivity contribution is 5.97. The van der Waals surface area contributed by atoms with Crippen molar-refractivity contribution in [2.24, 2.45) is 5.73 Å². The predicted octanol–water partition coefficient (Wildman–Crippen LogP) is 1.91. The van der Waals surface area contributed by atoms with Gasteiger partial charge in [0.1, 0.15) is 0 Å². The Morgan fingerprint density at radius 3 is 2.17 bits per heavy atom. The van der Waals surface area contributed by atoms with Crippen LogP contribution in [0.5, 0.6) is 0 Å². The molecule has 5 heteroatoms. The highest BCUT2D eigenvalue weighted by Gasteiger charge is 2.26. The zero-order valence-electron chi connectivity index (χ0n) is 10.8. The van der Waals surface area contributed by atoms with Gasteiger partial charge in [0.15, 0.2) is 6.10 Å². The second-order valence-electron chi connectivity index (χ2n) is 4.22. The highest BCUT2D eigenvalue weighted by atomic mass is 16.6. The van der Waals surface area contributed by atoms with Crippen LogP contribution in [0.1, 0.15) is 20.8 Å². The lowest BCUT2D eigenvalue weighted by molar-refractivity contribution is -0.126. The van der Waals surface area contributed by atoms with Crippen LogP contribution in [0.2, 0.25) is 0 Å². The largest absolute Gasteiger partial charge is 0.437 e. The number of amides is 2. The van der Waals surface area contributed by atoms with E-state index in [1.54, 1.807) is 4.90 Å². The van der Waals surface area contributed by atoms with Gasteiger partial charge in [-0.3, -0.25) is 4.79 Å². The third kappa shape index (κ3) is 3.48. The average Bonchev–Trinajstić information content (AvgIpc) is 2.29. The van der Waals surface area contributed by atoms with Crippen molar-refractivity contribution in [3.63, 3.8) is 0 Å². The second kappa shape index (κ2) is 6.05. The van der Waals surface area contributed by atoms with Crippen molar-refractivity contribution in [3.05, 3.63) is 30.3 Å². The van der Waals surface area contributed by atoms with Gasteiger partial charge in [0.2, 0.25) is 0 Å². The molecular weight excluding hydrogens is 232 g/mol. The van der Waals surface area contributed by atoms with E-state index in [9.17, 15) is 9.59 Å². The number of carbonyl (C=O) groups is 2. The Bertz CT molecular complexity index is 418. The first kappa shape index (κ1) is 14.0. The van der Waals surface area contributed by atoms with Gasteiger partial charge in [-0.1, -0.05) is 18.2 Å². The Labute approximate surface area is 107 Å². The molecule has 0 aliphatic rings. The maximum Gasteiger partial charge on any atom is 0.405 e. The van der Waals surface area contributed by atoms with E-state index in [4.69, 9.17) is 10.5 Å². The van der Waals surface area contributed by atoms with Gasteiger partial charge in [-0.15, -0.1) is 0 Å². The van der Waals surface area contributed by atoms with Crippen LogP contribution in [0.3, 0.4) is 0 Å². The summed E-state index contributed by atoms with van der Waals surface area (Å²) in [5, 5.41) is 0. The number of primary amides is 1. The van der Waals surface area contributed by atoms with Crippen LogP contribution >= 0.6 is 0 Å². The minimum atomic E-state index is -0.951. The molecule has 0 radical (unpaired) electrons. The van der Waals surface area contributed by atoms with Gasteiger partial charge in [-0.05, 0) is 32.9 Å². The monoisotopic (exact) mass is 250 g/mol. The maximum absolute atomic E-state index is 12.2. The Balaban J connectivity index is 2.93. The summed E-state index contributed by atoms with van der Waals surface area (Å²) < 4.78 is 4.71. The molecule has 1 aromatic carbocycles. The van der Waals surface area contributed by atoms with E-state index in [1.165, 1.54) is 6.92 Å². The number of hydrogen-bond donors (Lipinski definition) is 1. The zero-order chi connectivity index (χ0) is 13.7. The van der Waals surface area contributed by atoms with Crippen LogP contribution < -0.4 is 10.6 Å². The molecule has 2 N–H and O–H groups in total. The fourth-order valence-corrected chi connectivity index (χ4v) is 1.69. The summed E-state index contributed by atoms with van der Waals surface area (Å²) in [5.74, 6) is -0.296. The molecule has 1 unspecified atom stereocenters. The van der Waals surface area contributed by atoms with Gasteiger partial charge in [0.25, 0.3) is 5.91 Å². The molecule has 1 atom stereocenters. The lowest BCUT2D eigenvalue weighted by atomic mass is 10.2. The van der Waals surface area contributed by atoms with Crippen LogP contribution in [0.4, 0.5) is 10.5 Å². The smallest absolute Gasteiger partial charge is 0.405 e. The third-order valence-corrected chi connectivity index (χ3v) is 2.43. The summed E-state index contributed by atoms with van der Waals surface area (Å²) in [6.07, 6.45) is -1.85. The fourth-order valence-electron chi connectivity index (χ4n) is 1.69. The molecule has 0 aliphatic heterocycles. The summed E-state index contributed by atoms with van der Waals surface area (Å²) in [6, 6.07) is 9.17. The highest BCUT2D eigenvalue weighted by Crippen LogP contribution is 2.18. The van der Waals surface area contributed by atoms with Gasteiger partial charge in [0.05, 0.1) is 0 Å². The number of nitrogens with two attached hydrogens (primary N) is 1. The van der Waals surface area contributed by atoms with E-state index in [1.807, 2.05) is 44.2 Å². The van der Waals surface area contributed by atoms with Crippen LogP contribution in [-0.2, 0) is 9.53 Å². The molecule has 1 rings (SSSR count). The molecule has 0 saturated carbocycles. The summed E-state index contributed by atoms with van der Waals surface area (Å²) in [6.45, 7) is 5.29. The van der Waals surface area contributed by atoms with Gasteiger partial charge < -0.3 is 15.4 Å². The quantitative estimate of drug-likeness (QED) is 0.887. The van der Waals surface area contributed by atoms with E-state index in [-0.39, 0.29) is 11.9 Å². The number of hydrogen-bond acceptors (Lipinski definition) is 3. The SMILES string of the molecule is CC(OC(N)=O)C(=O)N(c1ccccc1)C(C)C. The molecule has 2 amide bonds. The van der Waals surface area contributed by atoms with Crippen LogP contribution in [0.25, 0.3) is 0 Å². The summed E-state index contributed by atoms with van der Waals surface area (Å²) in [4.78, 5) is 24.5. The van der Waals surface area contributed by atoms with Gasteiger partial charge >= 0.3 is 6.09 Å². The zero-order valence-corrected chi connectivity index (χ0v) is 10.8. The molecule has 0 saturated heterocycles. The number of anilines is 1. The van der Waals surface area contributed by atoms with E-state index < -0.39 is 12.2 Å². The standard InChI is InChI=1S/C13H18N2O3/c1-9(2)15(11-7-5-4-6-8-11)12(16)10(3)18-13(14)17/h4-10H,1-3H3,(H2,14,17). The Morgan fingerprint density at radius 2 is 1.72 bits per heavy atom. The molecule has 1 aromatic rings. The number of benzene rings is 1. The summed E-state index contributed by atoms with van der Waals surface area (Å²) in [5.41, 5.74) is 5.68. The first-order chi connectivity index (χ1) is 8.43. The van der Waals surface area contributed by atoms with Crippen molar-refractivity contribution >= 4 is 17.7 Å². The molecule has 0 spiro atoms. The number of para-hydroxylation sites is 1. The average molecular weight is 250 g/mol. The lowest BCUT2D eigenvalue weighted by Crippen LogP contribution is -2.44.